The summed E-state index contributed by atoms with van der Waals surface area (Å²) in [7, 11) is 0. The van der Waals surface area contributed by atoms with E-state index in [-0.39, 0.29) is 22.9 Å². The van der Waals surface area contributed by atoms with Gasteiger partial charge in [0, 0.05) is 6.61 Å². The molecule has 56 valence electrons. The van der Waals surface area contributed by atoms with Crippen LogP contribution in [0.2, 0.25) is 0 Å². The molecule has 0 rings (SSSR count). The highest BCUT2D eigenvalue weighted by atomic mass is 31.0. The first kappa shape index (κ1) is 11.6. The number of carboxylic acid groups (broad SMARTS) is 1. The zero-order valence-corrected chi connectivity index (χ0v) is 6.49. The molecule has 0 amide bonds. The Kier molecular flexibility index (Phi) is 7.66. The van der Waals surface area contributed by atoms with Gasteiger partial charge in [0.05, 0.1) is 0 Å². The lowest BCUT2D eigenvalue weighted by Crippen LogP contribution is -2.30. The molecular formula is C4H12NO3P. The summed E-state index contributed by atoms with van der Waals surface area (Å²) in [5.41, 5.74) is 4.97. The van der Waals surface area contributed by atoms with Crippen LogP contribution in [0.15, 0.2) is 0 Å². The average molecular weight is 153 g/mol. The van der Waals surface area contributed by atoms with Crippen LogP contribution >= 0.6 is 9.90 Å². The number of aliphatic carboxylic acids is 1. The Labute approximate surface area is 56.7 Å². The summed E-state index contributed by atoms with van der Waals surface area (Å²) in [6.07, 6.45) is 0.120. The molecule has 0 heterocycles. The van der Waals surface area contributed by atoms with Crippen LogP contribution in [0.4, 0.5) is 0 Å². The molecule has 0 spiro atoms. The molecule has 0 bridgehead atoms. The molecule has 0 radical (unpaired) electrons. The van der Waals surface area contributed by atoms with Crippen LogP contribution in [0, 0.1) is 0 Å². The minimum atomic E-state index is -1.07. The van der Waals surface area contributed by atoms with Gasteiger partial charge in [-0.3, -0.25) is 4.79 Å². The Morgan fingerprint density at radius 1 is 1.67 bits per heavy atom. The third kappa shape index (κ3) is 5.69. The number of rotatable bonds is 3. The predicted molar refractivity (Wildman–Crippen MR) is 38.4 cm³/mol. The summed E-state index contributed by atoms with van der Waals surface area (Å²) >= 11 is 0. The number of aliphatic hydroxyl groups excluding tert-OH is 1. The molecule has 5 heteroatoms. The Morgan fingerprint density at radius 2 is 2.11 bits per heavy atom. The molecule has 0 aliphatic carbocycles. The van der Waals surface area contributed by atoms with Crippen molar-refractivity contribution in [1.29, 1.82) is 0 Å². The second kappa shape index (κ2) is 5.95. The van der Waals surface area contributed by atoms with Crippen molar-refractivity contribution in [3.63, 3.8) is 0 Å². The molecule has 0 fully saturated rings. The molecule has 4 N–H and O–H groups in total. The van der Waals surface area contributed by atoms with Crippen LogP contribution in [0.3, 0.4) is 0 Å². The fourth-order valence-corrected chi connectivity index (χ4v) is 0.263. The van der Waals surface area contributed by atoms with Crippen molar-refractivity contribution < 1.29 is 15.0 Å². The van der Waals surface area contributed by atoms with Crippen LogP contribution in [-0.2, 0) is 4.79 Å². The van der Waals surface area contributed by atoms with E-state index in [0.29, 0.717) is 0 Å². The van der Waals surface area contributed by atoms with Gasteiger partial charge in [0.2, 0.25) is 0 Å². The third-order valence-corrected chi connectivity index (χ3v) is 0.757. The molecule has 4 nitrogen and oxygen atoms in total. The van der Waals surface area contributed by atoms with Gasteiger partial charge in [-0.05, 0) is 6.42 Å². The zero-order chi connectivity index (χ0) is 6.57. The number of nitrogens with two attached hydrogens (primary N) is 1. The second-order valence-corrected chi connectivity index (χ2v) is 1.46. The Balaban J connectivity index is 0. The molecular weight excluding hydrogens is 141 g/mol. The van der Waals surface area contributed by atoms with Crippen LogP contribution in [0.5, 0.6) is 0 Å². The summed E-state index contributed by atoms with van der Waals surface area (Å²) in [4.78, 5) is 9.85. The number of hydrogen-bond donors (Lipinski definition) is 3. The topological polar surface area (TPSA) is 83.5 Å². The van der Waals surface area contributed by atoms with E-state index in [0.717, 1.165) is 0 Å². The minimum absolute atomic E-state index is 0. The molecule has 0 saturated carbocycles. The highest BCUT2D eigenvalue weighted by molar-refractivity contribution is 6.92. The van der Waals surface area contributed by atoms with Gasteiger partial charge in [-0.25, -0.2) is 0 Å². The summed E-state index contributed by atoms with van der Waals surface area (Å²) in [6, 6.07) is -0.917. The van der Waals surface area contributed by atoms with Gasteiger partial charge >= 0.3 is 5.97 Å². The summed E-state index contributed by atoms with van der Waals surface area (Å²) in [5, 5.41) is 16.2. The van der Waals surface area contributed by atoms with Gasteiger partial charge in [0.15, 0.2) is 0 Å². The molecule has 9 heavy (non-hydrogen) atoms. The van der Waals surface area contributed by atoms with Crippen molar-refractivity contribution in [1.82, 2.24) is 0 Å². The maximum absolute atomic E-state index is 9.85. The van der Waals surface area contributed by atoms with Gasteiger partial charge in [-0.1, -0.05) is 0 Å². The lowest BCUT2D eigenvalue weighted by Gasteiger charge is -2.00. The van der Waals surface area contributed by atoms with E-state index in [1.54, 1.807) is 0 Å². The number of aliphatic hydroxyl groups is 1. The number of carboxylic acids is 1. The van der Waals surface area contributed by atoms with Crippen molar-refractivity contribution in [3.05, 3.63) is 0 Å². The van der Waals surface area contributed by atoms with Gasteiger partial charge in [-0.15, -0.1) is 0 Å². The molecule has 0 aliphatic rings. The van der Waals surface area contributed by atoms with E-state index in [1.165, 1.54) is 0 Å². The lowest BCUT2D eigenvalue weighted by molar-refractivity contribution is -0.138. The fraction of sp³-hybridized carbons (Fsp3) is 0.750. The Morgan fingerprint density at radius 3 is 2.22 bits per heavy atom. The second-order valence-electron chi connectivity index (χ2n) is 1.46. The van der Waals surface area contributed by atoms with Crippen molar-refractivity contribution in [2.75, 3.05) is 6.61 Å². The normalized spacial score (nSPS) is 11.8. The van der Waals surface area contributed by atoms with E-state index in [4.69, 9.17) is 15.9 Å². The monoisotopic (exact) mass is 153 g/mol. The first-order valence-electron chi connectivity index (χ1n) is 2.27. The van der Waals surface area contributed by atoms with Crippen LogP contribution in [-0.4, -0.2) is 28.8 Å². The van der Waals surface area contributed by atoms with E-state index in [2.05, 4.69) is 0 Å². The average Bonchev–Trinajstić information content (AvgIpc) is 1.67. The zero-order valence-electron chi connectivity index (χ0n) is 5.08. The maximum Gasteiger partial charge on any atom is 0.320 e. The largest absolute Gasteiger partial charge is 0.480 e. The van der Waals surface area contributed by atoms with Crippen LogP contribution in [0.25, 0.3) is 0 Å². The quantitative estimate of drug-likeness (QED) is 0.446. The summed E-state index contributed by atoms with van der Waals surface area (Å²) in [5.74, 6) is -1.07. The first-order chi connectivity index (χ1) is 3.68. The minimum Gasteiger partial charge on any atom is -0.480 e. The van der Waals surface area contributed by atoms with Crippen molar-refractivity contribution in [3.8, 4) is 0 Å². The van der Waals surface area contributed by atoms with E-state index >= 15 is 0 Å². The first-order valence-corrected chi connectivity index (χ1v) is 2.27. The third-order valence-electron chi connectivity index (χ3n) is 0.757. The fourth-order valence-electron chi connectivity index (χ4n) is 0.263. The number of carbonyl (C=O) groups is 1. The van der Waals surface area contributed by atoms with Crippen LogP contribution < -0.4 is 5.73 Å². The van der Waals surface area contributed by atoms with Crippen molar-refractivity contribution in [2.45, 2.75) is 12.5 Å². The molecule has 2 atom stereocenters. The van der Waals surface area contributed by atoms with Gasteiger partial charge in [0.25, 0.3) is 0 Å². The summed E-state index contributed by atoms with van der Waals surface area (Å²) in [6.45, 7) is -0.173. The van der Waals surface area contributed by atoms with E-state index < -0.39 is 12.0 Å². The smallest absolute Gasteiger partial charge is 0.320 e. The Hall–Kier alpha value is -0.180. The standard InChI is InChI=1S/C4H9NO3.H3P/c5-3(1-2-6)4(7)8;/h3,6H,1-2,5H2,(H,7,8);1H3. The van der Waals surface area contributed by atoms with Gasteiger partial charge in [-0.2, -0.15) is 9.90 Å². The van der Waals surface area contributed by atoms with E-state index in [1.807, 2.05) is 0 Å². The van der Waals surface area contributed by atoms with Crippen molar-refractivity contribution in [2.24, 2.45) is 5.73 Å². The van der Waals surface area contributed by atoms with Crippen LogP contribution in [0.1, 0.15) is 6.42 Å². The highest BCUT2D eigenvalue weighted by Gasteiger charge is 2.08. The molecule has 2 unspecified atom stereocenters. The Bertz CT molecular complexity index is 87.9. The van der Waals surface area contributed by atoms with Gasteiger partial charge < -0.3 is 15.9 Å². The number of hydrogen-bond acceptors (Lipinski definition) is 3. The summed E-state index contributed by atoms with van der Waals surface area (Å²) < 4.78 is 0. The molecule has 0 aromatic carbocycles. The SMILES string of the molecule is NC(CCO)C(=O)O.P. The van der Waals surface area contributed by atoms with E-state index in [9.17, 15) is 4.79 Å². The lowest BCUT2D eigenvalue weighted by atomic mass is 10.2. The maximum atomic E-state index is 9.85. The molecule has 0 aromatic heterocycles. The highest BCUT2D eigenvalue weighted by Crippen LogP contribution is 1.83. The molecule has 0 aromatic rings. The van der Waals surface area contributed by atoms with Crippen molar-refractivity contribution >= 4 is 15.9 Å². The predicted octanol–water partition coefficient (Wildman–Crippen LogP) is -1.16. The molecule has 0 saturated heterocycles. The molecule has 0 aliphatic heterocycles. The van der Waals surface area contributed by atoms with Gasteiger partial charge in [0.1, 0.15) is 6.04 Å².